The lowest BCUT2D eigenvalue weighted by Gasteiger charge is -2.33. The van der Waals surface area contributed by atoms with Gasteiger partial charge in [-0.15, -0.1) is 0 Å². The van der Waals surface area contributed by atoms with Crippen molar-refractivity contribution in [2.75, 3.05) is 0 Å². The van der Waals surface area contributed by atoms with Crippen molar-refractivity contribution in [2.24, 2.45) is 0 Å². The smallest absolute Gasteiger partial charge is 0.314 e. The zero-order valence-corrected chi connectivity index (χ0v) is 9.90. The fourth-order valence-electron chi connectivity index (χ4n) is 2.45. The summed E-state index contributed by atoms with van der Waals surface area (Å²) in [6, 6.07) is 7.60. The second-order valence-corrected chi connectivity index (χ2v) is 4.79. The summed E-state index contributed by atoms with van der Waals surface area (Å²) < 4.78 is 0. The molecule has 1 aliphatic carbocycles. The molecule has 1 fully saturated rings. The van der Waals surface area contributed by atoms with E-state index in [2.05, 4.69) is 0 Å². The average Bonchev–Trinajstić information content (AvgIpc) is 2.31. The summed E-state index contributed by atoms with van der Waals surface area (Å²) in [5.74, 6) is -0.636. The first kappa shape index (κ1) is 11.8. The Hall–Kier alpha value is -1.64. The van der Waals surface area contributed by atoms with Crippen molar-refractivity contribution in [3.63, 3.8) is 0 Å². The maximum Gasteiger partial charge on any atom is 0.314 e. The van der Waals surface area contributed by atoms with E-state index < -0.39 is 11.4 Å². The van der Waals surface area contributed by atoms with Crippen LogP contribution >= 0.6 is 0 Å². The van der Waals surface area contributed by atoms with Crippen LogP contribution in [-0.4, -0.2) is 16.9 Å². The van der Waals surface area contributed by atoms with Gasteiger partial charge in [-0.3, -0.25) is 9.59 Å². The Morgan fingerprint density at radius 3 is 2.18 bits per heavy atom. The molecule has 1 aromatic carbocycles. The zero-order valence-electron chi connectivity index (χ0n) is 9.90. The van der Waals surface area contributed by atoms with E-state index in [1.807, 2.05) is 31.2 Å². The predicted molar refractivity (Wildman–Crippen MR) is 64.0 cm³/mol. The third-order valence-corrected chi connectivity index (χ3v) is 3.67. The van der Waals surface area contributed by atoms with Crippen LogP contribution in [0.3, 0.4) is 0 Å². The van der Waals surface area contributed by atoms with Crippen molar-refractivity contribution < 1.29 is 14.7 Å². The van der Waals surface area contributed by atoms with E-state index >= 15 is 0 Å². The van der Waals surface area contributed by atoms with Crippen LogP contribution in [-0.2, 0) is 15.0 Å². The van der Waals surface area contributed by atoms with Crippen molar-refractivity contribution in [3.8, 4) is 0 Å². The minimum Gasteiger partial charge on any atom is -0.481 e. The van der Waals surface area contributed by atoms with Crippen LogP contribution in [0, 0.1) is 6.92 Å². The number of carboxylic acids is 1. The topological polar surface area (TPSA) is 54.4 Å². The Morgan fingerprint density at radius 1 is 1.18 bits per heavy atom. The van der Waals surface area contributed by atoms with E-state index in [0.717, 1.165) is 11.1 Å². The molecule has 0 saturated heterocycles. The van der Waals surface area contributed by atoms with E-state index in [-0.39, 0.29) is 5.78 Å². The molecule has 1 aromatic rings. The largest absolute Gasteiger partial charge is 0.481 e. The molecule has 0 heterocycles. The molecular formula is C14H16O3. The van der Waals surface area contributed by atoms with Crippen LogP contribution in [0.2, 0.25) is 0 Å². The number of Topliss-reactive ketones (excluding diaryl/α,β-unsaturated/α-hetero) is 1. The van der Waals surface area contributed by atoms with Crippen molar-refractivity contribution in [3.05, 3.63) is 35.4 Å². The molecule has 3 nitrogen and oxygen atoms in total. The van der Waals surface area contributed by atoms with Crippen molar-refractivity contribution in [1.29, 1.82) is 0 Å². The highest BCUT2D eigenvalue weighted by molar-refractivity contribution is 5.87. The fourth-order valence-corrected chi connectivity index (χ4v) is 2.45. The Kier molecular flexibility index (Phi) is 3.01. The molecule has 0 spiro atoms. The van der Waals surface area contributed by atoms with Crippen molar-refractivity contribution in [2.45, 2.75) is 38.0 Å². The first-order valence-corrected chi connectivity index (χ1v) is 5.87. The highest BCUT2D eigenvalue weighted by atomic mass is 16.4. The van der Waals surface area contributed by atoms with E-state index in [9.17, 15) is 14.7 Å². The van der Waals surface area contributed by atoms with Gasteiger partial charge in [-0.2, -0.15) is 0 Å². The van der Waals surface area contributed by atoms with Crippen LogP contribution in [0.4, 0.5) is 0 Å². The zero-order chi connectivity index (χ0) is 12.5. The molecule has 0 aromatic heterocycles. The van der Waals surface area contributed by atoms with Gasteiger partial charge in [0.2, 0.25) is 0 Å². The Balaban J connectivity index is 2.38. The molecule has 2 rings (SSSR count). The summed E-state index contributed by atoms with van der Waals surface area (Å²) in [7, 11) is 0. The van der Waals surface area contributed by atoms with Crippen molar-refractivity contribution in [1.82, 2.24) is 0 Å². The molecule has 1 aliphatic rings. The summed E-state index contributed by atoms with van der Waals surface area (Å²) in [5.41, 5.74) is 1.07. The lowest BCUT2D eigenvalue weighted by Crippen LogP contribution is -2.39. The van der Waals surface area contributed by atoms with Gasteiger partial charge in [0.15, 0.2) is 0 Å². The molecular weight excluding hydrogens is 216 g/mol. The number of aliphatic carboxylic acids is 1. The minimum absolute atomic E-state index is 0.175. The maximum absolute atomic E-state index is 11.6. The second-order valence-electron chi connectivity index (χ2n) is 4.79. The van der Waals surface area contributed by atoms with Crippen LogP contribution < -0.4 is 0 Å². The van der Waals surface area contributed by atoms with E-state index in [4.69, 9.17) is 0 Å². The van der Waals surface area contributed by atoms with Gasteiger partial charge in [0.05, 0.1) is 5.41 Å². The molecule has 1 N–H and O–H groups in total. The van der Waals surface area contributed by atoms with E-state index in [1.165, 1.54) is 0 Å². The predicted octanol–water partition coefficient (Wildman–Crippen LogP) is 2.46. The first-order chi connectivity index (χ1) is 8.04. The highest BCUT2D eigenvalue weighted by Gasteiger charge is 2.43. The Bertz CT molecular complexity index is 435. The van der Waals surface area contributed by atoms with Crippen LogP contribution in [0.15, 0.2) is 24.3 Å². The fraction of sp³-hybridized carbons (Fsp3) is 0.429. The average molecular weight is 232 g/mol. The molecule has 0 amide bonds. The lowest BCUT2D eigenvalue weighted by atomic mass is 9.69. The molecule has 0 radical (unpaired) electrons. The molecule has 90 valence electrons. The third-order valence-electron chi connectivity index (χ3n) is 3.67. The standard InChI is InChI=1S/C14H16O3/c1-10-2-4-11(5-3-10)14(13(16)17)8-6-12(15)7-9-14/h2-5H,6-9H2,1H3,(H,16,17). The SMILES string of the molecule is Cc1ccc(C2(C(=O)O)CCC(=O)CC2)cc1. The molecule has 0 unspecified atom stereocenters. The van der Waals surface area contributed by atoms with Gasteiger partial charge < -0.3 is 5.11 Å². The monoisotopic (exact) mass is 232 g/mol. The summed E-state index contributed by atoms with van der Waals surface area (Å²) in [6.45, 7) is 1.97. The van der Waals surface area contributed by atoms with Gasteiger partial charge >= 0.3 is 5.97 Å². The number of carbonyl (C=O) groups is 2. The number of hydrogen-bond acceptors (Lipinski definition) is 2. The summed E-state index contributed by atoms with van der Waals surface area (Å²) in [5, 5.41) is 9.49. The molecule has 3 heteroatoms. The third kappa shape index (κ3) is 2.09. The first-order valence-electron chi connectivity index (χ1n) is 5.87. The van der Waals surface area contributed by atoms with Crippen LogP contribution in [0.25, 0.3) is 0 Å². The highest BCUT2D eigenvalue weighted by Crippen LogP contribution is 2.38. The van der Waals surface area contributed by atoms with Gasteiger partial charge in [0, 0.05) is 12.8 Å². The molecule has 1 saturated carbocycles. The van der Waals surface area contributed by atoms with Gasteiger partial charge in [0.25, 0.3) is 0 Å². The van der Waals surface area contributed by atoms with Gasteiger partial charge in [-0.05, 0) is 25.3 Å². The number of rotatable bonds is 2. The quantitative estimate of drug-likeness (QED) is 0.852. The number of carboxylic acid groups (broad SMARTS) is 1. The van der Waals surface area contributed by atoms with Gasteiger partial charge in [-0.1, -0.05) is 29.8 Å². The lowest BCUT2D eigenvalue weighted by molar-refractivity contribution is -0.146. The van der Waals surface area contributed by atoms with Crippen LogP contribution in [0.1, 0.15) is 36.8 Å². The molecule has 0 atom stereocenters. The number of ketones is 1. The molecule has 0 aliphatic heterocycles. The van der Waals surface area contributed by atoms with Gasteiger partial charge in [-0.25, -0.2) is 0 Å². The number of benzene rings is 1. The van der Waals surface area contributed by atoms with Gasteiger partial charge in [0.1, 0.15) is 5.78 Å². The summed E-state index contributed by atoms with van der Waals surface area (Å²) in [4.78, 5) is 22.8. The second kappa shape index (κ2) is 4.32. The summed E-state index contributed by atoms with van der Waals surface area (Å²) in [6.07, 6.45) is 1.59. The number of aryl methyl sites for hydroxylation is 1. The maximum atomic E-state index is 11.6. The normalized spacial score (nSPS) is 19.0. The van der Waals surface area contributed by atoms with Crippen molar-refractivity contribution >= 4 is 11.8 Å². The Labute approximate surface area is 100 Å². The molecule has 0 bridgehead atoms. The minimum atomic E-state index is -0.860. The molecule has 17 heavy (non-hydrogen) atoms. The Morgan fingerprint density at radius 2 is 1.71 bits per heavy atom. The number of hydrogen-bond donors (Lipinski definition) is 1. The number of carbonyl (C=O) groups excluding carboxylic acids is 1. The summed E-state index contributed by atoms with van der Waals surface area (Å²) >= 11 is 0. The van der Waals surface area contributed by atoms with E-state index in [0.29, 0.717) is 25.7 Å². The van der Waals surface area contributed by atoms with Crippen LogP contribution in [0.5, 0.6) is 0 Å². The van der Waals surface area contributed by atoms with E-state index in [1.54, 1.807) is 0 Å².